The molecule has 0 saturated carbocycles. The number of benzene rings is 3. The average Bonchev–Trinajstić information content (AvgIpc) is 2.87. The van der Waals surface area contributed by atoms with Crippen LogP contribution in [0.2, 0.25) is 5.02 Å². The van der Waals surface area contributed by atoms with E-state index < -0.39 is 11.5 Å². The van der Waals surface area contributed by atoms with Crippen LogP contribution in [0.25, 0.3) is 5.70 Å². The number of fused-ring (bicyclic) bond motifs is 1. The standard InChI is InChI=1S/C28H29ClN4O3S/c1-28(2)16-22(33-37-25-14-19(29)10-12-24(25)35-3)20-13-18(9-11-23(20)36-28)27(34)32-26(31)15-21(30)17-7-5-4-6-8-17/h4-15,22,33H,16,30H2,1-3H3,(H2,31,32,34)/b21-15-. The molecule has 192 valence electrons. The number of methoxy groups -OCH3 is 1. The number of hydrogen-bond acceptors (Lipinski definition) is 6. The van der Waals surface area contributed by atoms with Crippen LogP contribution in [0.15, 0.2) is 82.7 Å². The van der Waals surface area contributed by atoms with Gasteiger partial charge in [0.1, 0.15) is 22.9 Å². The number of nitrogens with one attached hydrogen (secondary N) is 1. The normalized spacial score (nSPS) is 17.0. The topological polar surface area (TPSA) is 112 Å². The highest BCUT2D eigenvalue weighted by molar-refractivity contribution is 7.97. The number of amidine groups is 1. The number of carbonyl (C=O) groups is 1. The molecule has 0 saturated heterocycles. The quantitative estimate of drug-likeness (QED) is 0.200. The summed E-state index contributed by atoms with van der Waals surface area (Å²) in [5.41, 5.74) is 14.2. The second-order valence-corrected chi connectivity index (χ2v) is 10.5. The van der Waals surface area contributed by atoms with Crippen molar-refractivity contribution < 1.29 is 14.3 Å². The second-order valence-electron chi connectivity index (χ2n) is 9.19. The lowest BCUT2D eigenvalue weighted by Crippen LogP contribution is -2.38. The molecule has 4 rings (SSSR count). The number of halogens is 1. The van der Waals surface area contributed by atoms with Gasteiger partial charge in [-0.3, -0.25) is 9.52 Å². The monoisotopic (exact) mass is 536 g/mol. The Bertz CT molecular complexity index is 1360. The Morgan fingerprint density at radius 2 is 1.89 bits per heavy atom. The summed E-state index contributed by atoms with van der Waals surface area (Å²) in [4.78, 5) is 17.9. The van der Waals surface area contributed by atoms with Crippen LogP contribution < -0.4 is 25.7 Å². The van der Waals surface area contributed by atoms with Crippen LogP contribution in [0, 0.1) is 0 Å². The minimum absolute atomic E-state index is 0.0275. The summed E-state index contributed by atoms with van der Waals surface area (Å²) in [5, 5.41) is 0.614. The fourth-order valence-corrected chi connectivity index (χ4v) is 5.20. The molecule has 1 unspecified atom stereocenters. The van der Waals surface area contributed by atoms with E-state index in [1.54, 1.807) is 31.4 Å². The van der Waals surface area contributed by atoms with E-state index in [0.29, 0.717) is 34.2 Å². The molecular weight excluding hydrogens is 508 g/mol. The van der Waals surface area contributed by atoms with Crippen LogP contribution in [0.1, 0.15) is 47.8 Å². The highest BCUT2D eigenvalue weighted by atomic mass is 35.5. The largest absolute Gasteiger partial charge is 0.496 e. The number of carbonyl (C=O) groups excluding carboxylic acids is 1. The predicted octanol–water partition coefficient (Wildman–Crippen LogP) is 5.74. The Hall–Kier alpha value is -3.46. The van der Waals surface area contributed by atoms with Crippen LogP contribution in [0.5, 0.6) is 11.5 Å². The fraction of sp³-hybridized carbons (Fsp3) is 0.214. The lowest BCUT2D eigenvalue weighted by Gasteiger charge is -2.38. The molecule has 0 spiro atoms. The van der Waals surface area contributed by atoms with Gasteiger partial charge in [-0.2, -0.15) is 4.99 Å². The molecule has 1 aliphatic heterocycles. The van der Waals surface area contributed by atoms with Crippen molar-refractivity contribution in [3.63, 3.8) is 0 Å². The zero-order valence-corrected chi connectivity index (χ0v) is 22.4. The van der Waals surface area contributed by atoms with E-state index in [1.165, 1.54) is 18.0 Å². The van der Waals surface area contributed by atoms with Crippen molar-refractivity contribution in [2.45, 2.75) is 36.8 Å². The Labute approximate surface area is 226 Å². The first-order chi connectivity index (χ1) is 17.6. The first kappa shape index (κ1) is 26.6. The van der Waals surface area contributed by atoms with E-state index in [-0.39, 0.29) is 11.9 Å². The summed E-state index contributed by atoms with van der Waals surface area (Å²) in [7, 11) is 1.62. The Kier molecular flexibility index (Phi) is 8.12. The average molecular weight is 537 g/mol. The molecule has 0 bridgehead atoms. The molecule has 0 radical (unpaired) electrons. The SMILES string of the molecule is COc1ccc(Cl)cc1SNC1CC(C)(C)Oc2ccc(C(=O)N=C(N)/C=C(\N)c3ccccc3)cc21. The Morgan fingerprint density at radius 3 is 2.62 bits per heavy atom. The zero-order chi connectivity index (χ0) is 26.6. The van der Waals surface area contributed by atoms with Gasteiger partial charge in [-0.25, -0.2) is 0 Å². The van der Waals surface area contributed by atoms with E-state index >= 15 is 0 Å². The van der Waals surface area contributed by atoms with Crippen LogP contribution in [-0.2, 0) is 0 Å². The van der Waals surface area contributed by atoms with Gasteiger partial charge in [-0.15, -0.1) is 0 Å². The van der Waals surface area contributed by atoms with E-state index in [0.717, 1.165) is 16.0 Å². The summed E-state index contributed by atoms with van der Waals surface area (Å²) >= 11 is 7.61. The van der Waals surface area contributed by atoms with Crippen molar-refractivity contribution in [1.82, 2.24) is 4.72 Å². The first-order valence-electron chi connectivity index (χ1n) is 11.6. The summed E-state index contributed by atoms with van der Waals surface area (Å²) in [6.45, 7) is 4.06. The van der Waals surface area contributed by atoms with Gasteiger partial charge < -0.3 is 20.9 Å². The molecule has 3 aromatic rings. The summed E-state index contributed by atoms with van der Waals surface area (Å²) < 4.78 is 15.2. The molecule has 0 fully saturated rings. The molecule has 0 aliphatic carbocycles. The van der Waals surface area contributed by atoms with Crippen LogP contribution in [0.3, 0.4) is 0 Å². The molecule has 1 heterocycles. The van der Waals surface area contributed by atoms with Crippen molar-refractivity contribution >= 4 is 41.0 Å². The molecule has 0 aromatic heterocycles. The van der Waals surface area contributed by atoms with E-state index in [4.69, 9.17) is 32.5 Å². The van der Waals surface area contributed by atoms with Gasteiger partial charge in [0, 0.05) is 40.4 Å². The van der Waals surface area contributed by atoms with Crippen molar-refractivity contribution in [2.24, 2.45) is 16.5 Å². The molecule has 1 amide bonds. The summed E-state index contributed by atoms with van der Waals surface area (Å²) in [5.74, 6) is 0.976. The van der Waals surface area contributed by atoms with E-state index in [9.17, 15) is 4.79 Å². The molecule has 3 aromatic carbocycles. The maximum atomic E-state index is 13.0. The van der Waals surface area contributed by atoms with Crippen molar-refractivity contribution in [3.8, 4) is 11.5 Å². The lowest BCUT2D eigenvalue weighted by atomic mass is 9.89. The van der Waals surface area contributed by atoms with E-state index in [1.807, 2.05) is 56.3 Å². The molecule has 7 nitrogen and oxygen atoms in total. The van der Waals surface area contributed by atoms with Gasteiger partial charge in [0.05, 0.1) is 12.0 Å². The second kappa shape index (κ2) is 11.3. The molecule has 37 heavy (non-hydrogen) atoms. The van der Waals surface area contributed by atoms with Gasteiger partial charge in [0.2, 0.25) is 0 Å². The smallest absolute Gasteiger partial charge is 0.278 e. The third-order valence-electron chi connectivity index (χ3n) is 5.79. The number of ether oxygens (including phenoxy) is 2. The van der Waals surface area contributed by atoms with Gasteiger partial charge >= 0.3 is 0 Å². The third kappa shape index (κ3) is 6.65. The minimum Gasteiger partial charge on any atom is -0.496 e. The zero-order valence-electron chi connectivity index (χ0n) is 20.8. The molecule has 5 N–H and O–H groups in total. The van der Waals surface area contributed by atoms with E-state index in [2.05, 4.69) is 9.71 Å². The van der Waals surface area contributed by atoms with Crippen LogP contribution in [-0.4, -0.2) is 24.5 Å². The molecule has 1 atom stereocenters. The van der Waals surface area contributed by atoms with Gasteiger partial charge in [-0.05, 0) is 67.8 Å². The van der Waals surface area contributed by atoms with Crippen molar-refractivity contribution in [2.75, 3.05) is 7.11 Å². The Morgan fingerprint density at radius 1 is 1.14 bits per heavy atom. The summed E-state index contributed by atoms with van der Waals surface area (Å²) in [6, 6.07) is 20.0. The summed E-state index contributed by atoms with van der Waals surface area (Å²) in [6.07, 6.45) is 2.16. The van der Waals surface area contributed by atoms with Gasteiger partial charge in [-0.1, -0.05) is 41.9 Å². The Balaban J connectivity index is 1.58. The maximum Gasteiger partial charge on any atom is 0.278 e. The predicted molar refractivity (Wildman–Crippen MR) is 150 cm³/mol. The van der Waals surface area contributed by atoms with Gasteiger partial charge in [0.25, 0.3) is 5.91 Å². The maximum absolute atomic E-state index is 13.0. The number of nitrogens with two attached hydrogens (primary N) is 2. The lowest BCUT2D eigenvalue weighted by molar-refractivity contribution is 0.0706. The van der Waals surface area contributed by atoms with Crippen LogP contribution >= 0.6 is 23.5 Å². The minimum atomic E-state index is -0.467. The highest BCUT2D eigenvalue weighted by Gasteiger charge is 2.34. The fourth-order valence-electron chi connectivity index (χ4n) is 4.05. The number of rotatable bonds is 7. The molecular formula is C28H29ClN4O3S. The third-order valence-corrected chi connectivity index (χ3v) is 6.97. The number of hydrogen-bond donors (Lipinski definition) is 3. The number of amides is 1. The van der Waals surface area contributed by atoms with Crippen LogP contribution in [0.4, 0.5) is 0 Å². The number of nitrogens with zero attached hydrogens (tertiary/aromatic N) is 1. The van der Waals surface area contributed by atoms with Crippen molar-refractivity contribution in [3.05, 3.63) is 94.5 Å². The molecule has 1 aliphatic rings. The highest BCUT2D eigenvalue weighted by Crippen LogP contribution is 2.42. The first-order valence-corrected chi connectivity index (χ1v) is 12.8. The van der Waals surface area contributed by atoms with Crippen molar-refractivity contribution in [1.29, 1.82) is 0 Å². The molecule has 9 heteroatoms. The van der Waals surface area contributed by atoms with Gasteiger partial charge in [0.15, 0.2) is 0 Å². The number of aliphatic imine (C=N–C) groups is 1.